The van der Waals surface area contributed by atoms with Crippen LogP contribution >= 0.6 is 11.6 Å². The number of halogens is 1. The van der Waals surface area contributed by atoms with Gasteiger partial charge in [0, 0.05) is 23.4 Å². The number of carbonyl (C=O) groups is 2. The van der Waals surface area contributed by atoms with Crippen molar-refractivity contribution in [1.29, 1.82) is 0 Å². The summed E-state index contributed by atoms with van der Waals surface area (Å²) in [5.41, 5.74) is 2.11. The lowest BCUT2D eigenvalue weighted by Crippen LogP contribution is -2.51. The maximum atomic E-state index is 12.3. The zero-order valence-corrected chi connectivity index (χ0v) is 14.4. The molecule has 0 aliphatic carbocycles. The quantitative estimate of drug-likeness (QED) is 0.794. The van der Waals surface area contributed by atoms with Crippen LogP contribution in [0.4, 0.5) is 10.5 Å². The van der Waals surface area contributed by atoms with Gasteiger partial charge in [-0.1, -0.05) is 18.5 Å². The minimum Gasteiger partial charge on any atom is -0.459 e. The number of hydrogen-bond acceptors (Lipinski definition) is 3. The van der Waals surface area contributed by atoms with Crippen molar-refractivity contribution < 1.29 is 14.0 Å². The van der Waals surface area contributed by atoms with Gasteiger partial charge in [-0.15, -0.1) is 0 Å². The molecule has 0 unspecified atom stereocenters. The molecule has 0 bridgehead atoms. The summed E-state index contributed by atoms with van der Waals surface area (Å²) in [7, 11) is 0. The topological polar surface area (TPSA) is 83.4 Å². The lowest BCUT2D eigenvalue weighted by Gasteiger charge is -2.22. The van der Waals surface area contributed by atoms with Gasteiger partial charge in [-0.05, 0) is 37.5 Å². The van der Waals surface area contributed by atoms with Crippen molar-refractivity contribution >= 4 is 40.2 Å². The molecule has 1 saturated heterocycles. The number of fused-ring (bicyclic) bond motifs is 1. The minimum atomic E-state index is -0.516. The zero-order chi connectivity index (χ0) is 17.3. The third kappa shape index (κ3) is 3.19. The summed E-state index contributed by atoms with van der Waals surface area (Å²) in [5, 5.41) is 9.57. The first kappa shape index (κ1) is 16.6. The van der Waals surface area contributed by atoms with Gasteiger partial charge in [-0.3, -0.25) is 4.79 Å². The lowest BCUT2D eigenvalue weighted by atomic mass is 10.1. The van der Waals surface area contributed by atoms with Crippen molar-refractivity contribution in [2.75, 3.05) is 11.9 Å². The molecule has 24 heavy (non-hydrogen) atoms. The Kier molecular flexibility index (Phi) is 4.66. The van der Waals surface area contributed by atoms with Gasteiger partial charge in [-0.2, -0.15) is 0 Å². The molecule has 3 rings (SSSR count). The van der Waals surface area contributed by atoms with Crippen LogP contribution in [-0.2, 0) is 11.2 Å². The minimum absolute atomic E-state index is 0.158. The van der Waals surface area contributed by atoms with Crippen LogP contribution in [0.2, 0.25) is 5.02 Å². The van der Waals surface area contributed by atoms with E-state index in [1.807, 2.05) is 19.9 Å². The molecule has 1 fully saturated rings. The van der Waals surface area contributed by atoms with Gasteiger partial charge in [0.1, 0.15) is 11.8 Å². The van der Waals surface area contributed by atoms with E-state index in [4.69, 9.17) is 16.0 Å². The number of amides is 3. The molecule has 1 aliphatic rings. The first-order chi connectivity index (χ1) is 11.5. The number of anilines is 1. The number of carbonyl (C=O) groups excluding carboxylic acids is 2. The standard InChI is InChI=1S/C17H20ClN3O3/c1-3-14-9(2)11-7-10(18)8-13(15(11)24-14)21-17(23)20-12-5-4-6-19-16(12)22/h7-8,12H,3-6H2,1-2H3,(H,19,22)(H2,20,21,23)/t12-/m1/s1. The highest BCUT2D eigenvalue weighted by atomic mass is 35.5. The fraction of sp³-hybridized carbons (Fsp3) is 0.412. The van der Waals surface area contributed by atoms with Crippen LogP contribution in [0.25, 0.3) is 11.0 Å². The molecule has 1 atom stereocenters. The molecule has 128 valence electrons. The molecule has 0 saturated carbocycles. The van der Waals surface area contributed by atoms with Crippen molar-refractivity contribution in [3.8, 4) is 0 Å². The number of rotatable bonds is 3. The summed E-state index contributed by atoms with van der Waals surface area (Å²) in [6.07, 6.45) is 2.23. The summed E-state index contributed by atoms with van der Waals surface area (Å²) < 4.78 is 5.87. The van der Waals surface area contributed by atoms with Gasteiger partial charge in [0.15, 0.2) is 5.58 Å². The molecule has 2 heterocycles. The Bertz CT molecular complexity index is 800. The fourth-order valence-corrected chi connectivity index (χ4v) is 3.21. The second-order valence-corrected chi connectivity index (χ2v) is 6.35. The second kappa shape index (κ2) is 6.73. The summed E-state index contributed by atoms with van der Waals surface area (Å²) in [4.78, 5) is 24.0. The lowest BCUT2D eigenvalue weighted by molar-refractivity contribution is -0.124. The Labute approximate surface area is 144 Å². The number of urea groups is 1. The van der Waals surface area contributed by atoms with Gasteiger partial charge >= 0.3 is 6.03 Å². The number of piperidine rings is 1. The van der Waals surface area contributed by atoms with Crippen molar-refractivity contribution in [1.82, 2.24) is 10.6 Å². The SMILES string of the molecule is CCc1oc2c(NC(=O)N[C@@H]3CCCNC3=O)cc(Cl)cc2c1C. The molecule has 6 nitrogen and oxygen atoms in total. The average Bonchev–Trinajstić information content (AvgIpc) is 2.86. The molecule has 1 aromatic carbocycles. The number of benzene rings is 1. The van der Waals surface area contributed by atoms with Gasteiger partial charge in [-0.25, -0.2) is 4.79 Å². The predicted molar refractivity (Wildman–Crippen MR) is 93.5 cm³/mol. The van der Waals surface area contributed by atoms with Crippen LogP contribution in [0.15, 0.2) is 16.5 Å². The van der Waals surface area contributed by atoms with Gasteiger partial charge in [0.2, 0.25) is 5.91 Å². The smallest absolute Gasteiger partial charge is 0.319 e. The molecule has 7 heteroatoms. The third-order valence-electron chi connectivity index (χ3n) is 4.26. The molecular formula is C17H20ClN3O3. The zero-order valence-electron chi connectivity index (χ0n) is 13.7. The van der Waals surface area contributed by atoms with E-state index in [2.05, 4.69) is 16.0 Å². The Morgan fingerprint density at radius 3 is 2.96 bits per heavy atom. The summed E-state index contributed by atoms with van der Waals surface area (Å²) in [5.74, 6) is 0.706. The fourth-order valence-electron chi connectivity index (χ4n) is 2.99. The molecule has 1 aromatic heterocycles. The Morgan fingerprint density at radius 1 is 1.46 bits per heavy atom. The van der Waals surface area contributed by atoms with Crippen LogP contribution in [0.1, 0.15) is 31.1 Å². The molecule has 0 radical (unpaired) electrons. The molecule has 2 aromatic rings. The number of nitrogens with one attached hydrogen (secondary N) is 3. The van der Waals surface area contributed by atoms with E-state index >= 15 is 0 Å². The van der Waals surface area contributed by atoms with Crippen LogP contribution < -0.4 is 16.0 Å². The van der Waals surface area contributed by atoms with Gasteiger partial charge < -0.3 is 20.4 Å². The van der Waals surface area contributed by atoms with E-state index < -0.39 is 12.1 Å². The molecule has 3 N–H and O–H groups in total. The van der Waals surface area contributed by atoms with Gasteiger partial charge in [0.25, 0.3) is 0 Å². The van der Waals surface area contributed by atoms with E-state index in [1.54, 1.807) is 6.07 Å². The van der Waals surface area contributed by atoms with E-state index in [-0.39, 0.29) is 5.91 Å². The third-order valence-corrected chi connectivity index (χ3v) is 4.48. The highest BCUT2D eigenvalue weighted by molar-refractivity contribution is 6.32. The van der Waals surface area contributed by atoms with Crippen LogP contribution in [0, 0.1) is 6.92 Å². The van der Waals surface area contributed by atoms with Crippen molar-refractivity contribution in [2.45, 2.75) is 39.2 Å². The Hall–Kier alpha value is -2.21. The van der Waals surface area contributed by atoms with Crippen LogP contribution in [0.3, 0.4) is 0 Å². The number of aryl methyl sites for hydroxylation is 2. The first-order valence-corrected chi connectivity index (χ1v) is 8.44. The average molecular weight is 350 g/mol. The van der Waals surface area contributed by atoms with E-state index in [9.17, 15) is 9.59 Å². The van der Waals surface area contributed by atoms with E-state index in [0.717, 1.165) is 29.6 Å². The highest BCUT2D eigenvalue weighted by Crippen LogP contribution is 2.34. The molecule has 0 spiro atoms. The van der Waals surface area contributed by atoms with Gasteiger partial charge in [0.05, 0.1) is 5.69 Å². The van der Waals surface area contributed by atoms with Crippen LogP contribution in [-0.4, -0.2) is 24.5 Å². The monoisotopic (exact) mass is 349 g/mol. The Balaban J connectivity index is 1.84. The van der Waals surface area contributed by atoms with Crippen molar-refractivity contribution in [2.24, 2.45) is 0 Å². The van der Waals surface area contributed by atoms with E-state index in [0.29, 0.717) is 29.3 Å². The highest BCUT2D eigenvalue weighted by Gasteiger charge is 2.24. The largest absolute Gasteiger partial charge is 0.459 e. The summed E-state index contributed by atoms with van der Waals surface area (Å²) in [6, 6.07) is 2.50. The van der Waals surface area contributed by atoms with Crippen molar-refractivity contribution in [3.63, 3.8) is 0 Å². The maximum Gasteiger partial charge on any atom is 0.319 e. The molecule has 1 aliphatic heterocycles. The second-order valence-electron chi connectivity index (χ2n) is 5.92. The Morgan fingerprint density at radius 2 is 2.25 bits per heavy atom. The summed E-state index contributed by atoms with van der Waals surface area (Å²) in [6.45, 7) is 4.63. The van der Waals surface area contributed by atoms with Crippen molar-refractivity contribution in [3.05, 3.63) is 28.5 Å². The van der Waals surface area contributed by atoms with Crippen LogP contribution in [0.5, 0.6) is 0 Å². The number of hydrogen-bond donors (Lipinski definition) is 3. The number of furan rings is 1. The predicted octanol–water partition coefficient (Wildman–Crippen LogP) is 3.36. The first-order valence-electron chi connectivity index (χ1n) is 8.06. The normalized spacial score (nSPS) is 17.6. The molecule has 3 amide bonds. The maximum absolute atomic E-state index is 12.3. The summed E-state index contributed by atoms with van der Waals surface area (Å²) >= 11 is 6.17. The van der Waals surface area contributed by atoms with E-state index in [1.165, 1.54) is 0 Å². The molecular weight excluding hydrogens is 330 g/mol.